The van der Waals surface area contributed by atoms with Gasteiger partial charge in [0.1, 0.15) is 11.3 Å². The van der Waals surface area contributed by atoms with Crippen LogP contribution in [-0.2, 0) is 4.79 Å². The lowest BCUT2D eigenvalue weighted by atomic mass is 10.1. The minimum atomic E-state index is -0.793. The van der Waals surface area contributed by atoms with Gasteiger partial charge >= 0.3 is 5.97 Å². The maximum atomic E-state index is 10.7. The number of rotatable bonds is 5. The summed E-state index contributed by atoms with van der Waals surface area (Å²) < 4.78 is 6.03. The predicted molar refractivity (Wildman–Crippen MR) is 93.7 cm³/mol. The number of aryl methyl sites for hydroxylation is 1. The molecular weight excluding hydrogens is 302 g/mol. The van der Waals surface area contributed by atoms with Crippen molar-refractivity contribution in [2.24, 2.45) is 4.99 Å². The molecule has 0 aliphatic carbocycles. The fraction of sp³-hybridized carbons (Fsp3) is 0.200. The van der Waals surface area contributed by atoms with Gasteiger partial charge in [-0.05, 0) is 25.5 Å². The van der Waals surface area contributed by atoms with Gasteiger partial charge in [0.15, 0.2) is 0 Å². The summed E-state index contributed by atoms with van der Waals surface area (Å²) in [5.41, 5.74) is 2.90. The molecule has 0 atom stereocenters. The molecule has 0 aliphatic rings. The Labute approximate surface area is 140 Å². The summed E-state index contributed by atoms with van der Waals surface area (Å²) in [6.45, 7) is 2.51. The van der Waals surface area contributed by atoms with E-state index in [1.54, 1.807) is 0 Å². The summed E-state index contributed by atoms with van der Waals surface area (Å²) in [4.78, 5) is 15.3. The highest BCUT2D eigenvalue weighted by Gasteiger charge is 2.06. The Morgan fingerprint density at radius 1 is 1.12 bits per heavy atom. The summed E-state index contributed by atoms with van der Waals surface area (Å²) in [5.74, 6) is -0.0390. The second-order valence-corrected chi connectivity index (χ2v) is 5.74. The van der Waals surface area contributed by atoms with Crippen LogP contribution in [0.1, 0.15) is 18.4 Å². The first kappa shape index (κ1) is 16.0. The van der Waals surface area contributed by atoms with Crippen LogP contribution in [0.25, 0.3) is 22.3 Å². The summed E-state index contributed by atoms with van der Waals surface area (Å²) in [6, 6.07) is 17.8. The molecule has 0 unspecified atom stereocenters. The van der Waals surface area contributed by atoms with E-state index >= 15 is 0 Å². The summed E-state index contributed by atoms with van der Waals surface area (Å²) in [5, 5.41) is 10.5. The van der Waals surface area contributed by atoms with Crippen molar-refractivity contribution in [1.82, 2.24) is 0 Å². The molecule has 0 saturated carbocycles. The third kappa shape index (κ3) is 3.71. The highest BCUT2D eigenvalue weighted by Crippen LogP contribution is 2.22. The van der Waals surface area contributed by atoms with Crippen LogP contribution in [0.2, 0.25) is 0 Å². The molecule has 0 saturated heterocycles. The molecule has 0 aliphatic heterocycles. The first-order valence-corrected chi connectivity index (χ1v) is 7.96. The molecule has 1 N–H and O–H groups in total. The van der Waals surface area contributed by atoms with Crippen LogP contribution in [0.3, 0.4) is 0 Å². The number of nitrogens with zero attached hydrogens (tertiary/aromatic N) is 1. The molecule has 4 nitrogen and oxygen atoms in total. The van der Waals surface area contributed by atoms with Gasteiger partial charge in [0.25, 0.3) is 0 Å². The maximum Gasteiger partial charge on any atom is 0.303 e. The standard InChI is InChI=1S/C20H19NO3/c1-14-9-10-18-16(12-14)17(21-11-5-8-20(22)23)13-19(24-18)15-6-3-2-4-7-15/h2-4,6-7,9-10,12-13H,5,8,11H2,1H3,(H,22,23). The molecule has 4 heteroatoms. The second-order valence-electron chi connectivity index (χ2n) is 5.74. The van der Waals surface area contributed by atoms with E-state index in [4.69, 9.17) is 9.52 Å². The fourth-order valence-electron chi connectivity index (χ4n) is 2.59. The zero-order valence-electron chi connectivity index (χ0n) is 13.5. The Kier molecular flexibility index (Phi) is 4.75. The molecule has 0 radical (unpaired) electrons. The van der Waals surface area contributed by atoms with Crippen molar-refractivity contribution in [3.8, 4) is 11.3 Å². The third-order valence-corrected chi connectivity index (χ3v) is 3.79. The molecule has 0 amide bonds. The molecule has 1 aromatic heterocycles. The lowest BCUT2D eigenvalue weighted by Crippen LogP contribution is -2.06. The summed E-state index contributed by atoms with van der Waals surface area (Å²) >= 11 is 0. The average molecular weight is 321 g/mol. The van der Waals surface area contributed by atoms with Gasteiger partial charge in [0.05, 0.1) is 5.36 Å². The Morgan fingerprint density at radius 2 is 1.92 bits per heavy atom. The monoisotopic (exact) mass is 321 g/mol. The van der Waals surface area contributed by atoms with E-state index in [2.05, 4.69) is 4.99 Å². The van der Waals surface area contributed by atoms with Crippen LogP contribution in [0, 0.1) is 6.92 Å². The average Bonchev–Trinajstić information content (AvgIpc) is 2.59. The van der Waals surface area contributed by atoms with E-state index in [1.807, 2.05) is 61.5 Å². The molecule has 3 rings (SSSR count). The molecule has 3 aromatic rings. The van der Waals surface area contributed by atoms with Crippen molar-refractivity contribution in [1.29, 1.82) is 0 Å². The molecule has 122 valence electrons. The normalized spacial score (nSPS) is 11.8. The smallest absolute Gasteiger partial charge is 0.303 e. The largest absolute Gasteiger partial charge is 0.481 e. The number of fused-ring (bicyclic) bond motifs is 1. The van der Waals surface area contributed by atoms with Crippen molar-refractivity contribution in [3.63, 3.8) is 0 Å². The molecule has 0 bridgehead atoms. The van der Waals surface area contributed by atoms with E-state index in [1.165, 1.54) is 0 Å². The molecule has 2 aromatic carbocycles. The Morgan fingerprint density at radius 3 is 2.67 bits per heavy atom. The number of carbonyl (C=O) groups is 1. The first-order chi connectivity index (χ1) is 11.6. The molecule has 0 spiro atoms. The van der Waals surface area contributed by atoms with Crippen molar-refractivity contribution in [2.75, 3.05) is 6.54 Å². The van der Waals surface area contributed by atoms with Crippen LogP contribution < -0.4 is 5.36 Å². The van der Waals surface area contributed by atoms with Gasteiger partial charge in [-0.25, -0.2) is 0 Å². The minimum absolute atomic E-state index is 0.128. The summed E-state index contributed by atoms with van der Waals surface area (Å²) in [6.07, 6.45) is 0.651. The number of benzene rings is 2. The van der Waals surface area contributed by atoms with Gasteiger partial charge in [0.2, 0.25) is 0 Å². The van der Waals surface area contributed by atoms with E-state index < -0.39 is 5.97 Å². The molecule has 1 heterocycles. The SMILES string of the molecule is Cc1ccc2oc(-c3ccccc3)cc(=NCCCC(=O)O)c2c1. The molecule has 0 fully saturated rings. The van der Waals surface area contributed by atoms with E-state index in [9.17, 15) is 4.79 Å². The highest BCUT2D eigenvalue weighted by atomic mass is 16.4. The number of carboxylic acid groups (broad SMARTS) is 1. The highest BCUT2D eigenvalue weighted by molar-refractivity contribution is 5.79. The second kappa shape index (κ2) is 7.13. The zero-order chi connectivity index (χ0) is 16.9. The predicted octanol–water partition coefficient (Wildman–Crippen LogP) is 4.17. The Bertz CT molecular complexity index is 927. The van der Waals surface area contributed by atoms with Gasteiger partial charge in [-0.1, -0.05) is 42.0 Å². The Hall–Kier alpha value is -2.88. The van der Waals surface area contributed by atoms with Crippen LogP contribution in [0.15, 0.2) is 64.0 Å². The van der Waals surface area contributed by atoms with Crippen molar-refractivity contribution >= 4 is 16.9 Å². The van der Waals surface area contributed by atoms with Crippen molar-refractivity contribution in [2.45, 2.75) is 19.8 Å². The molecular formula is C20H19NO3. The molecule has 24 heavy (non-hydrogen) atoms. The van der Waals surface area contributed by atoms with Gasteiger partial charge in [0, 0.05) is 30.0 Å². The third-order valence-electron chi connectivity index (χ3n) is 3.79. The lowest BCUT2D eigenvalue weighted by molar-refractivity contribution is -0.137. The first-order valence-electron chi connectivity index (χ1n) is 7.96. The Balaban J connectivity index is 2.08. The van der Waals surface area contributed by atoms with Gasteiger partial charge in [-0.3, -0.25) is 9.79 Å². The van der Waals surface area contributed by atoms with E-state index in [-0.39, 0.29) is 6.42 Å². The van der Waals surface area contributed by atoms with E-state index in [0.29, 0.717) is 13.0 Å². The van der Waals surface area contributed by atoms with Crippen LogP contribution in [0.5, 0.6) is 0 Å². The number of hydrogen-bond donors (Lipinski definition) is 1. The number of hydrogen-bond acceptors (Lipinski definition) is 3. The topological polar surface area (TPSA) is 62.8 Å². The van der Waals surface area contributed by atoms with E-state index in [0.717, 1.165) is 33.2 Å². The minimum Gasteiger partial charge on any atom is -0.481 e. The summed E-state index contributed by atoms with van der Waals surface area (Å²) in [7, 11) is 0. The zero-order valence-corrected chi connectivity index (χ0v) is 13.5. The van der Waals surface area contributed by atoms with Crippen molar-refractivity contribution < 1.29 is 14.3 Å². The van der Waals surface area contributed by atoms with Crippen LogP contribution in [-0.4, -0.2) is 17.6 Å². The number of carboxylic acids is 1. The maximum absolute atomic E-state index is 10.7. The van der Waals surface area contributed by atoms with Gasteiger partial charge in [-0.15, -0.1) is 0 Å². The van der Waals surface area contributed by atoms with Crippen LogP contribution in [0.4, 0.5) is 0 Å². The van der Waals surface area contributed by atoms with Crippen molar-refractivity contribution in [3.05, 3.63) is 65.5 Å². The fourth-order valence-corrected chi connectivity index (χ4v) is 2.59. The van der Waals surface area contributed by atoms with Crippen LogP contribution >= 0.6 is 0 Å². The lowest BCUT2D eigenvalue weighted by Gasteiger charge is -2.06. The quantitative estimate of drug-likeness (QED) is 0.717. The van der Waals surface area contributed by atoms with Gasteiger partial charge < -0.3 is 9.52 Å². The van der Waals surface area contributed by atoms with Gasteiger partial charge in [-0.2, -0.15) is 0 Å². The number of aliphatic carboxylic acids is 1.